The Bertz CT molecular complexity index is 538. The van der Waals surface area contributed by atoms with Crippen LogP contribution < -0.4 is 4.72 Å². The van der Waals surface area contributed by atoms with Crippen molar-refractivity contribution in [2.45, 2.75) is 56.4 Å². The van der Waals surface area contributed by atoms with Gasteiger partial charge in [-0.1, -0.05) is 18.0 Å². The highest BCUT2D eigenvalue weighted by atomic mass is 32.2. The summed E-state index contributed by atoms with van der Waals surface area (Å²) in [5, 5.41) is 3.59. The number of sulfonamides is 1. The molecule has 0 radical (unpaired) electrons. The number of hydrogen-bond donors (Lipinski definition) is 1. The van der Waals surface area contributed by atoms with Gasteiger partial charge in [0.05, 0.1) is 10.9 Å². The lowest BCUT2D eigenvalue weighted by atomic mass is 10.1. The Morgan fingerprint density at radius 1 is 1.29 bits per heavy atom. The third-order valence-electron chi connectivity index (χ3n) is 4.46. The van der Waals surface area contributed by atoms with Gasteiger partial charge in [-0.05, 0) is 32.2 Å². The zero-order valence-corrected chi connectivity index (χ0v) is 13.0. The Morgan fingerprint density at radius 3 is 2.81 bits per heavy atom. The minimum atomic E-state index is -3.21. The Morgan fingerprint density at radius 2 is 2.10 bits per heavy atom. The van der Waals surface area contributed by atoms with E-state index in [0.29, 0.717) is 13.1 Å². The van der Waals surface area contributed by atoms with Gasteiger partial charge in [-0.3, -0.25) is 4.90 Å². The van der Waals surface area contributed by atoms with Gasteiger partial charge in [0.1, 0.15) is 6.26 Å². The predicted octanol–water partition coefficient (Wildman–Crippen LogP) is 1.50. The van der Waals surface area contributed by atoms with E-state index in [-0.39, 0.29) is 11.3 Å². The molecule has 1 N–H and O–H groups in total. The standard InChI is InChI=1S/C14H23N3O3S/c18-21(19,16-12-4-1-2-5-12)14-6-3-8-17(11-14)10-13-7-9-20-15-13/h7,9,12,14,16H,1-6,8,10-11H2/t14-/m1/s1. The summed E-state index contributed by atoms with van der Waals surface area (Å²) in [6, 6.07) is 1.98. The highest BCUT2D eigenvalue weighted by Crippen LogP contribution is 2.22. The van der Waals surface area contributed by atoms with Crippen LogP contribution in [0.3, 0.4) is 0 Å². The molecule has 118 valence electrons. The molecular formula is C14H23N3O3S. The van der Waals surface area contributed by atoms with E-state index >= 15 is 0 Å². The second-order valence-corrected chi connectivity index (χ2v) is 8.13. The van der Waals surface area contributed by atoms with Crippen LogP contribution in [0.2, 0.25) is 0 Å². The summed E-state index contributed by atoms with van der Waals surface area (Å²) in [6.45, 7) is 2.16. The van der Waals surface area contributed by atoms with E-state index in [1.807, 2.05) is 6.07 Å². The Hall–Kier alpha value is -0.920. The SMILES string of the molecule is O=S(=O)(NC1CCCC1)[C@@H]1CCCN(Cc2ccon2)C1. The quantitative estimate of drug-likeness (QED) is 0.891. The lowest BCUT2D eigenvalue weighted by Crippen LogP contribution is -2.48. The number of nitrogens with zero attached hydrogens (tertiary/aromatic N) is 2. The van der Waals surface area contributed by atoms with Gasteiger partial charge in [-0.25, -0.2) is 13.1 Å². The molecule has 0 spiro atoms. The van der Waals surface area contributed by atoms with Crippen molar-refractivity contribution >= 4 is 10.0 Å². The third-order valence-corrected chi connectivity index (χ3v) is 6.39. The fourth-order valence-electron chi connectivity index (χ4n) is 3.33. The molecular weight excluding hydrogens is 290 g/mol. The monoisotopic (exact) mass is 313 g/mol. The van der Waals surface area contributed by atoms with Gasteiger partial charge in [0.2, 0.25) is 10.0 Å². The zero-order chi connectivity index (χ0) is 14.7. The first-order valence-electron chi connectivity index (χ1n) is 7.76. The average molecular weight is 313 g/mol. The van der Waals surface area contributed by atoms with Gasteiger partial charge in [0.15, 0.2) is 0 Å². The molecule has 2 aliphatic rings. The normalized spacial score (nSPS) is 25.4. The molecule has 1 aromatic rings. The molecule has 1 aromatic heterocycles. The number of hydrogen-bond acceptors (Lipinski definition) is 5. The molecule has 1 atom stereocenters. The molecule has 2 fully saturated rings. The molecule has 1 saturated heterocycles. The van der Waals surface area contributed by atoms with E-state index < -0.39 is 10.0 Å². The van der Waals surface area contributed by atoms with E-state index in [1.54, 1.807) is 6.26 Å². The summed E-state index contributed by atoms with van der Waals surface area (Å²) in [6.07, 6.45) is 7.44. The topological polar surface area (TPSA) is 75.4 Å². The summed E-state index contributed by atoms with van der Waals surface area (Å²) in [5.74, 6) is 0. The Balaban J connectivity index is 1.59. The number of rotatable bonds is 5. The van der Waals surface area contributed by atoms with E-state index in [4.69, 9.17) is 4.52 Å². The molecule has 6 nitrogen and oxygen atoms in total. The second-order valence-electron chi connectivity index (χ2n) is 6.13. The molecule has 1 aliphatic carbocycles. The van der Waals surface area contributed by atoms with E-state index in [9.17, 15) is 8.42 Å². The van der Waals surface area contributed by atoms with Gasteiger partial charge < -0.3 is 4.52 Å². The van der Waals surface area contributed by atoms with Crippen molar-refractivity contribution < 1.29 is 12.9 Å². The van der Waals surface area contributed by atoms with E-state index in [2.05, 4.69) is 14.8 Å². The molecule has 3 rings (SSSR count). The zero-order valence-electron chi connectivity index (χ0n) is 12.2. The largest absolute Gasteiger partial charge is 0.364 e. The van der Waals surface area contributed by atoms with Crippen LogP contribution in [0.15, 0.2) is 16.9 Å². The van der Waals surface area contributed by atoms with Crippen molar-refractivity contribution in [3.63, 3.8) is 0 Å². The summed E-state index contributed by atoms with van der Waals surface area (Å²) < 4.78 is 32.8. The summed E-state index contributed by atoms with van der Waals surface area (Å²) in [4.78, 5) is 2.15. The lowest BCUT2D eigenvalue weighted by Gasteiger charge is -2.32. The summed E-state index contributed by atoms with van der Waals surface area (Å²) in [7, 11) is -3.21. The van der Waals surface area contributed by atoms with Crippen LogP contribution in [0.25, 0.3) is 0 Å². The van der Waals surface area contributed by atoms with E-state index in [0.717, 1.165) is 50.8 Å². The van der Waals surface area contributed by atoms with Crippen LogP contribution in [-0.2, 0) is 16.6 Å². The van der Waals surface area contributed by atoms with Crippen molar-refractivity contribution in [1.82, 2.24) is 14.8 Å². The first kappa shape index (κ1) is 15.0. The van der Waals surface area contributed by atoms with Gasteiger partial charge in [0.25, 0.3) is 0 Å². The second kappa shape index (κ2) is 6.46. The summed E-state index contributed by atoms with van der Waals surface area (Å²) in [5.41, 5.74) is 0.858. The molecule has 1 saturated carbocycles. The van der Waals surface area contributed by atoms with Crippen LogP contribution >= 0.6 is 0 Å². The molecule has 2 heterocycles. The van der Waals surface area contributed by atoms with E-state index in [1.165, 1.54) is 0 Å². The Labute approximate surface area is 125 Å². The van der Waals surface area contributed by atoms with Crippen LogP contribution in [0.4, 0.5) is 0 Å². The molecule has 0 aromatic carbocycles. The number of nitrogens with one attached hydrogen (secondary N) is 1. The minimum absolute atomic E-state index is 0.154. The lowest BCUT2D eigenvalue weighted by molar-refractivity contribution is 0.215. The van der Waals surface area contributed by atoms with Gasteiger partial charge in [-0.2, -0.15) is 0 Å². The van der Waals surface area contributed by atoms with Crippen molar-refractivity contribution in [3.8, 4) is 0 Å². The fraction of sp³-hybridized carbons (Fsp3) is 0.786. The maximum atomic E-state index is 12.5. The van der Waals surface area contributed by atoms with Crippen LogP contribution in [0.5, 0.6) is 0 Å². The number of piperidine rings is 1. The molecule has 0 bridgehead atoms. The predicted molar refractivity (Wildman–Crippen MR) is 79.1 cm³/mol. The van der Waals surface area contributed by atoms with Gasteiger partial charge in [-0.15, -0.1) is 0 Å². The van der Waals surface area contributed by atoms with Crippen molar-refractivity contribution in [2.24, 2.45) is 0 Å². The molecule has 0 amide bonds. The highest BCUT2D eigenvalue weighted by molar-refractivity contribution is 7.90. The number of likely N-dealkylation sites (tertiary alicyclic amines) is 1. The fourth-order valence-corrected chi connectivity index (χ4v) is 5.11. The maximum absolute atomic E-state index is 12.5. The Kier molecular flexibility index (Phi) is 4.61. The first-order valence-corrected chi connectivity index (χ1v) is 9.31. The van der Waals surface area contributed by atoms with Crippen molar-refractivity contribution in [3.05, 3.63) is 18.0 Å². The molecule has 1 aliphatic heterocycles. The van der Waals surface area contributed by atoms with Crippen LogP contribution in [0.1, 0.15) is 44.2 Å². The minimum Gasteiger partial charge on any atom is -0.364 e. The summed E-state index contributed by atoms with van der Waals surface area (Å²) >= 11 is 0. The van der Waals surface area contributed by atoms with Crippen LogP contribution in [0, 0.1) is 0 Å². The van der Waals surface area contributed by atoms with Crippen LogP contribution in [-0.4, -0.2) is 42.9 Å². The van der Waals surface area contributed by atoms with Crippen molar-refractivity contribution in [2.75, 3.05) is 13.1 Å². The van der Waals surface area contributed by atoms with Gasteiger partial charge in [0, 0.05) is 25.2 Å². The first-order chi connectivity index (χ1) is 10.1. The third kappa shape index (κ3) is 3.84. The number of aromatic nitrogens is 1. The smallest absolute Gasteiger partial charge is 0.215 e. The highest BCUT2D eigenvalue weighted by Gasteiger charge is 2.33. The van der Waals surface area contributed by atoms with Gasteiger partial charge >= 0.3 is 0 Å². The maximum Gasteiger partial charge on any atom is 0.215 e. The van der Waals surface area contributed by atoms with Crippen molar-refractivity contribution in [1.29, 1.82) is 0 Å². The average Bonchev–Trinajstić information content (AvgIpc) is 3.12. The molecule has 21 heavy (non-hydrogen) atoms. The molecule has 0 unspecified atom stereocenters. The molecule has 7 heteroatoms.